The normalized spacial score (nSPS) is 19.5. The minimum Gasteiger partial charge on any atom is -0.461 e. The van der Waals surface area contributed by atoms with Crippen molar-refractivity contribution in [3.8, 4) is 0 Å². The summed E-state index contributed by atoms with van der Waals surface area (Å²) in [7, 11) is 0. The number of carbonyl (C=O) groups excluding carboxylic acids is 2. The third-order valence-electron chi connectivity index (χ3n) is 5.66. The summed E-state index contributed by atoms with van der Waals surface area (Å²) in [6, 6.07) is 25.0. The largest absolute Gasteiger partial charge is 0.461 e. The molecule has 6 heteroatoms. The minimum atomic E-state index is -0.357. The molecule has 4 rings (SSSR count). The molecule has 3 aromatic rings. The molecule has 1 fully saturated rings. The second kappa shape index (κ2) is 11.6. The van der Waals surface area contributed by atoms with Gasteiger partial charge in [0.1, 0.15) is 12.7 Å². The number of carbonyl (C=O) groups is 2. The maximum absolute atomic E-state index is 12.8. The average Bonchev–Trinajstić information content (AvgIpc) is 3.24. The summed E-state index contributed by atoms with van der Waals surface area (Å²) in [5.74, 6) is 0.186. The molecule has 0 aromatic heterocycles. The maximum Gasteiger partial charge on any atom is 0.338 e. The van der Waals surface area contributed by atoms with Crippen molar-refractivity contribution in [3.05, 3.63) is 107 Å². The Morgan fingerprint density at radius 1 is 0.853 bits per heavy atom. The quantitative estimate of drug-likeness (QED) is 0.337. The van der Waals surface area contributed by atoms with E-state index in [2.05, 4.69) is 12.1 Å². The lowest BCUT2D eigenvalue weighted by atomic mass is 10.1. The van der Waals surface area contributed by atoms with Crippen LogP contribution in [0.25, 0.3) is 0 Å². The van der Waals surface area contributed by atoms with Crippen LogP contribution in [0.15, 0.2) is 78.9 Å². The maximum atomic E-state index is 12.8. The Balaban J connectivity index is 1.40. The summed E-state index contributed by atoms with van der Waals surface area (Å²) in [6.45, 7) is 4.16. The predicted molar refractivity (Wildman–Crippen MR) is 139 cm³/mol. The summed E-state index contributed by atoms with van der Waals surface area (Å²) >= 11 is 3.56. The summed E-state index contributed by atoms with van der Waals surface area (Å²) < 4.78 is 11.8. The van der Waals surface area contributed by atoms with Crippen molar-refractivity contribution >= 4 is 35.5 Å². The van der Waals surface area contributed by atoms with Gasteiger partial charge in [-0.05, 0) is 43.7 Å². The molecule has 3 aromatic carbocycles. The van der Waals surface area contributed by atoms with Crippen molar-refractivity contribution < 1.29 is 19.1 Å². The molecule has 0 spiro atoms. The molecule has 0 aliphatic carbocycles. The standard InChI is InChI=1S/C28H28O4S2/c1-19-8-12-22(13-9-19)27(29)31-17-25-24(32-28(30)23-14-10-20(2)11-15-23)16-26(34-25)33-18-21-6-4-3-5-7-21/h3-15,24-26H,16-18H2,1-2H3/t24-,25+,26?/m1/s1. The zero-order valence-electron chi connectivity index (χ0n) is 19.3. The van der Waals surface area contributed by atoms with E-state index in [9.17, 15) is 9.59 Å². The Bertz CT molecular complexity index is 1100. The lowest BCUT2D eigenvalue weighted by Crippen LogP contribution is -2.29. The van der Waals surface area contributed by atoms with Crippen LogP contribution in [0.2, 0.25) is 0 Å². The number of aryl methyl sites for hydroxylation is 2. The van der Waals surface area contributed by atoms with Crippen molar-refractivity contribution in [1.29, 1.82) is 0 Å². The van der Waals surface area contributed by atoms with Crippen LogP contribution in [0.3, 0.4) is 0 Å². The highest BCUT2D eigenvalue weighted by Crippen LogP contribution is 2.43. The van der Waals surface area contributed by atoms with Gasteiger partial charge in [0.2, 0.25) is 0 Å². The van der Waals surface area contributed by atoms with E-state index in [0.717, 1.165) is 16.9 Å². The highest BCUT2D eigenvalue weighted by Gasteiger charge is 2.39. The molecular weight excluding hydrogens is 464 g/mol. The molecule has 1 saturated heterocycles. The first kappa shape index (κ1) is 24.4. The number of hydrogen-bond donors (Lipinski definition) is 0. The summed E-state index contributed by atoms with van der Waals surface area (Å²) in [5, 5.41) is -0.114. The zero-order chi connectivity index (χ0) is 23.9. The molecule has 0 radical (unpaired) electrons. The second-order valence-corrected chi connectivity index (χ2v) is 11.3. The van der Waals surface area contributed by atoms with Crippen LogP contribution in [-0.2, 0) is 15.2 Å². The van der Waals surface area contributed by atoms with E-state index in [1.807, 2.05) is 68.1 Å². The van der Waals surface area contributed by atoms with Crippen LogP contribution in [0.4, 0.5) is 0 Å². The highest BCUT2D eigenvalue weighted by atomic mass is 32.2. The lowest BCUT2D eigenvalue weighted by Gasteiger charge is -2.19. The van der Waals surface area contributed by atoms with Gasteiger partial charge in [-0.2, -0.15) is 0 Å². The number of thioether (sulfide) groups is 2. The Hall–Kier alpha value is -2.70. The fourth-order valence-corrected chi connectivity index (χ4v) is 6.67. The van der Waals surface area contributed by atoms with Crippen molar-refractivity contribution in [1.82, 2.24) is 0 Å². The van der Waals surface area contributed by atoms with Gasteiger partial charge in [0, 0.05) is 12.2 Å². The molecule has 0 amide bonds. The number of benzene rings is 3. The Morgan fingerprint density at radius 3 is 2.06 bits per heavy atom. The van der Waals surface area contributed by atoms with Crippen LogP contribution in [0, 0.1) is 13.8 Å². The molecule has 34 heavy (non-hydrogen) atoms. The Labute approximate surface area is 209 Å². The van der Waals surface area contributed by atoms with Gasteiger partial charge in [0.25, 0.3) is 0 Å². The van der Waals surface area contributed by atoms with Crippen LogP contribution in [-0.4, -0.2) is 34.5 Å². The Morgan fingerprint density at radius 2 is 1.44 bits per heavy atom. The van der Waals surface area contributed by atoms with E-state index in [0.29, 0.717) is 17.5 Å². The fraction of sp³-hybridized carbons (Fsp3) is 0.286. The first-order valence-corrected chi connectivity index (χ1v) is 13.3. The molecule has 0 N–H and O–H groups in total. The number of rotatable bonds is 8. The van der Waals surface area contributed by atoms with Gasteiger partial charge < -0.3 is 9.47 Å². The van der Waals surface area contributed by atoms with Crippen molar-refractivity contribution in [3.63, 3.8) is 0 Å². The number of esters is 2. The van der Waals surface area contributed by atoms with E-state index in [-0.39, 0.29) is 34.5 Å². The molecule has 176 valence electrons. The SMILES string of the molecule is Cc1ccc(C(=O)OC[C@@H]2SC(SCc3ccccc3)C[C@H]2OC(=O)c2ccc(C)cc2)cc1. The number of ether oxygens (including phenoxy) is 2. The van der Waals surface area contributed by atoms with Gasteiger partial charge in [-0.1, -0.05) is 65.7 Å². The van der Waals surface area contributed by atoms with Crippen molar-refractivity contribution in [2.75, 3.05) is 6.61 Å². The first-order valence-electron chi connectivity index (χ1n) is 11.3. The van der Waals surface area contributed by atoms with Crippen LogP contribution in [0.5, 0.6) is 0 Å². The predicted octanol–water partition coefficient (Wildman–Crippen LogP) is 6.45. The first-order chi connectivity index (χ1) is 16.5. The molecular formula is C28H28O4S2. The van der Waals surface area contributed by atoms with Gasteiger partial charge in [0.05, 0.1) is 21.0 Å². The molecule has 1 heterocycles. The van der Waals surface area contributed by atoms with Gasteiger partial charge >= 0.3 is 11.9 Å². The van der Waals surface area contributed by atoms with Crippen LogP contribution in [0.1, 0.15) is 43.8 Å². The Kier molecular flexibility index (Phi) is 8.35. The molecule has 0 saturated carbocycles. The minimum absolute atomic E-state index is 0.114. The number of hydrogen-bond acceptors (Lipinski definition) is 6. The van der Waals surface area contributed by atoms with Crippen molar-refractivity contribution in [2.24, 2.45) is 0 Å². The second-order valence-electron chi connectivity index (χ2n) is 8.41. The molecule has 1 aliphatic heterocycles. The molecule has 3 atom stereocenters. The zero-order valence-corrected chi connectivity index (χ0v) is 20.9. The smallest absolute Gasteiger partial charge is 0.338 e. The van der Waals surface area contributed by atoms with Crippen LogP contribution >= 0.6 is 23.5 Å². The van der Waals surface area contributed by atoms with Gasteiger partial charge in [-0.25, -0.2) is 9.59 Å². The van der Waals surface area contributed by atoms with E-state index < -0.39 is 0 Å². The summed E-state index contributed by atoms with van der Waals surface area (Å²) in [4.78, 5) is 25.3. The van der Waals surface area contributed by atoms with Gasteiger partial charge in [-0.3, -0.25) is 0 Å². The van der Waals surface area contributed by atoms with E-state index >= 15 is 0 Å². The van der Waals surface area contributed by atoms with Crippen LogP contribution < -0.4 is 0 Å². The average molecular weight is 493 g/mol. The van der Waals surface area contributed by atoms with Gasteiger partial charge in [0.15, 0.2) is 0 Å². The topological polar surface area (TPSA) is 52.6 Å². The molecule has 1 unspecified atom stereocenters. The molecule has 0 bridgehead atoms. The molecule has 1 aliphatic rings. The fourth-order valence-electron chi connectivity index (χ4n) is 3.65. The lowest BCUT2D eigenvalue weighted by molar-refractivity contribution is 0.0218. The highest BCUT2D eigenvalue weighted by molar-refractivity contribution is 8.17. The summed E-state index contributed by atoms with van der Waals surface area (Å²) in [6.07, 6.45) is 0.393. The van der Waals surface area contributed by atoms with Crippen molar-refractivity contribution in [2.45, 2.75) is 42.0 Å². The monoisotopic (exact) mass is 492 g/mol. The molecule has 4 nitrogen and oxygen atoms in total. The third-order valence-corrected chi connectivity index (χ3v) is 8.75. The third kappa shape index (κ3) is 6.67. The van der Waals surface area contributed by atoms with E-state index in [1.165, 1.54) is 5.56 Å². The van der Waals surface area contributed by atoms with Gasteiger partial charge in [-0.15, -0.1) is 23.5 Å². The van der Waals surface area contributed by atoms with E-state index in [1.54, 1.807) is 36.0 Å². The van der Waals surface area contributed by atoms with E-state index in [4.69, 9.17) is 9.47 Å². The summed E-state index contributed by atoms with van der Waals surface area (Å²) in [5.41, 5.74) is 4.49.